The summed E-state index contributed by atoms with van der Waals surface area (Å²) < 4.78 is 0. The van der Waals surface area contributed by atoms with Crippen molar-refractivity contribution in [2.75, 3.05) is 23.3 Å². The number of para-hydroxylation sites is 1. The lowest BCUT2D eigenvalue weighted by molar-refractivity contribution is -0.117. The Morgan fingerprint density at radius 1 is 1.20 bits per heavy atom. The van der Waals surface area contributed by atoms with Gasteiger partial charge in [-0.15, -0.1) is 24.0 Å². The molecule has 1 aliphatic heterocycles. The minimum atomic E-state index is 0. The first kappa shape index (κ1) is 19.2. The van der Waals surface area contributed by atoms with E-state index in [-0.39, 0.29) is 29.9 Å². The maximum absolute atomic E-state index is 12.1. The lowest BCUT2D eigenvalue weighted by atomic mass is 10.1. The lowest BCUT2D eigenvalue weighted by Crippen LogP contribution is -2.31. The average molecular weight is 450 g/mol. The summed E-state index contributed by atoms with van der Waals surface area (Å²) in [7, 11) is 0. The highest BCUT2D eigenvalue weighted by Crippen LogP contribution is 2.27. The molecule has 1 amide bonds. The molecule has 0 fully saturated rings. The number of carbonyl (C=O) groups is 1. The van der Waals surface area contributed by atoms with Gasteiger partial charge in [0.25, 0.3) is 0 Å². The molecule has 1 heterocycles. The highest BCUT2D eigenvalue weighted by molar-refractivity contribution is 14.0. The van der Waals surface area contributed by atoms with Crippen molar-refractivity contribution in [2.24, 2.45) is 10.7 Å². The molecule has 0 spiro atoms. The maximum Gasteiger partial charge on any atom is 0.231 e. The number of halogens is 1. The summed E-state index contributed by atoms with van der Waals surface area (Å²) in [6.45, 7) is 5.08. The Bertz CT molecular complexity index is 784. The van der Waals surface area contributed by atoms with Crippen molar-refractivity contribution in [3.8, 4) is 0 Å². The third-order valence-electron chi connectivity index (χ3n) is 4.02. The standard InChI is InChI=1S/C19H22N4O.HI/c1-13-9-14(2)11-16(10-13)22-19(20)21-7-8-23-17-6-4-3-5-15(17)12-18(23)24;/h3-6,9-11H,7-8,12H2,1-2H3,(H3,20,21,22);1H. The minimum Gasteiger partial charge on any atom is -0.370 e. The van der Waals surface area contributed by atoms with Gasteiger partial charge >= 0.3 is 0 Å². The number of rotatable bonds is 4. The van der Waals surface area contributed by atoms with E-state index in [1.807, 2.05) is 50.2 Å². The van der Waals surface area contributed by atoms with Crippen LogP contribution in [0.4, 0.5) is 11.4 Å². The van der Waals surface area contributed by atoms with Gasteiger partial charge in [0.15, 0.2) is 5.96 Å². The molecule has 5 nitrogen and oxygen atoms in total. The van der Waals surface area contributed by atoms with Crippen LogP contribution in [0, 0.1) is 13.8 Å². The number of hydrogen-bond donors (Lipinski definition) is 2. The Morgan fingerprint density at radius 3 is 2.60 bits per heavy atom. The number of amides is 1. The van der Waals surface area contributed by atoms with Crippen LogP contribution in [-0.2, 0) is 11.2 Å². The molecule has 0 radical (unpaired) electrons. The smallest absolute Gasteiger partial charge is 0.231 e. The Balaban J connectivity index is 0.00000225. The van der Waals surface area contributed by atoms with Crippen molar-refractivity contribution in [3.05, 3.63) is 59.2 Å². The fourth-order valence-corrected chi connectivity index (χ4v) is 3.07. The molecule has 3 rings (SSSR count). The number of nitrogens with two attached hydrogens (primary N) is 1. The number of hydrogen-bond acceptors (Lipinski definition) is 2. The molecule has 25 heavy (non-hydrogen) atoms. The van der Waals surface area contributed by atoms with Crippen molar-refractivity contribution >= 4 is 47.2 Å². The van der Waals surface area contributed by atoms with E-state index in [4.69, 9.17) is 5.73 Å². The molecule has 0 aromatic heterocycles. The molecule has 2 aromatic carbocycles. The van der Waals surface area contributed by atoms with Crippen LogP contribution in [0.25, 0.3) is 0 Å². The lowest BCUT2D eigenvalue weighted by Gasteiger charge is -2.16. The number of fused-ring (bicyclic) bond motifs is 1. The van der Waals surface area contributed by atoms with Crippen LogP contribution in [0.3, 0.4) is 0 Å². The predicted molar refractivity (Wildman–Crippen MR) is 114 cm³/mol. The average Bonchev–Trinajstić information content (AvgIpc) is 2.82. The molecule has 1 aliphatic rings. The van der Waals surface area contributed by atoms with Crippen LogP contribution >= 0.6 is 24.0 Å². The quantitative estimate of drug-likeness (QED) is 0.427. The third kappa shape index (κ3) is 4.72. The van der Waals surface area contributed by atoms with Crippen molar-refractivity contribution in [1.82, 2.24) is 0 Å². The van der Waals surface area contributed by atoms with E-state index >= 15 is 0 Å². The first-order valence-electron chi connectivity index (χ1n) is 8.06. The number of guanidine groups is 1. The van der Waals surface area contributed by atoms with Crippen LogP contribution in [0.2, 0.25) is 0 Å². The number of benzene rings is 2. The maximum atomic E-state index is 12.1. The zero-order chi connectivity index (χ0) is 17.1. The zero-order valence-corrected chi connectivity index (χ0v) is 16.8. The molecule has 0 atom stereocenters. The van der Waals surface area contributed by atoms with E-state index in [2.05, 4.69) is 16.4 Å². The normalized spacial score (nSPS) is 13.4. The molecular formula is C19H23IN4O. The number of nitrogens with one attached hydrogen (secondary N) is 1. The fraction of sp³-hybridized carbons (Fsp3) is 0.263. The Hall–Kier alpha value is -2.09. The van der Waals surface area contributed by atoms with E-state index in [9.17, 15) is 4.79 Å². The van der Waals surface area contributed by atoms with Crippen LogP contribution in [0.5, 0.6) is 0 Å². The summed E-state index contributed by atoms with van der Waals surface area (Å²) in [4.78, 5) is 18.2. The molecule has 0 unspecified atom stereocenters. The first-order valence-corrected chi connectivity index (χ1v) is 8.06. The van der Waals surface area contributed by atoms with Gasteiger partial charge in [0.1, 0.15) is 0 Å². The van der Waals surface area contributed by atoms with Gasteiger partial charge in [0.05, 0.1) is 13.0 Å². The monoisotopic (exact) mass is 450 g/mol. The SMILES string of the molecule is Cc1cc(C)cc(NC(N)=NCCN2C(=O)Cc3ccccc32)c1.I. The van der Waals surface area contributed by atoms with Crippen LogP contribution in [0.15, 0.2) is 47.5 Å². The van der Waals surface area contributed by atoms with E-state index in [0.29, 0.717) is 25.5 Å². The largest absolute Gasteiger partial charge is 0.370 e. The summed E-state index contributed by atoms with van der Waals surface area (Å²) in [5, 5.41) is 3.10. The van der Waals surface area contributed by atoms with E-state index in [0.717, 1.165) is 16.9 Å². The summed E-state index contributed by atoms with van der Waals surface area (Å²) >= 11 is 0. The van der Waals surface area contributed by atoms with Gasteiger partial charge in [0, 0.05) is 17.9 Å². The Kier molecular flexibility index (Phi) is 6.41. The second-order valence-electron chi connectivity index (χ2n) is 6.12. The van der Waals surface area contributed by atoms with Gasteiger partial charge in [-0.05, 0) is 48.7 Å². The van der Waals surface area contributed by atoms with Gasteiger partial charge in [0.2, 0.25) is 5.91 Å². The molecule has 132 valence electrons. The Morgan fingerprint density at radius 2 is 1.88 bits per heavy atom. The van der Waals surface area contributed by atoms with Crippen LogP contribution < -0.4 is 16.0 Å². The first-order chi connectivity index (χ1) is 11.5. The third-order valence-corrected chi connectivity index (χ3v) is 4.02. The zero-order valence-electron chi connectivity index (χ0n) is 14.5. The van der Waals surface area contributed by atoms with Gasteiger partial charge < -0.3 is 16.0 Å². The van der Waals surface area contributed by atoms with Gasteiger partial charge in [-0.25, -0.2) is 0 Å². The molecule has 0 bridgehead atoms. The van der Waals surface area contributed by atoms with Crippen molar-refractivity contribution in [3.63, 3.8) is 0 Å². The summed E-state index contributed by atoms with van der Waals surface area (Å²) in [6, 6.07) is 14.0. The van der Waals surface area contributed by atoms with Crippen molar-refractivity contribution in [2.45, 2.75) is 20.3 Å². The molecule has 0 saturated heterocycles. The molecule has 3 N–H and O–H groups in total. The number of aryl methyl sites for hydroxylation is 2. The fourth-order valence-electron chi connectivity index (χ4n) is 3.07. The predicted octanol–water partition coefficient (Wildman–Crippen LogP) is 3.24. The van der Waals surface area contributed by atoms with Crippen molar-refractivity contribution in [1.29, 1.82) is 0 Å². The molecular weight excluding hydrogens is 427 g/mol. The minimum absolute atomic E-state index is 0. The van der Waals surface area contributed by atoms with Gasteiger partial charge in [-0.1, -0.05) is 24.3 Å². The van der Waals surface area contributed by atoms with Crippen LogP contribution in [-0.4, -0.2) is 25.0 Å². The topological polar surface area (TPSA) is 70.7 Å². The Labute approximate surface area is 165 Å². The highest BCUT2D eigenvalue weighted by atomic mass is 127. The summed E-state index contributed by atoms with van der Waals surface area (Å²) in [6.07, 6.45) is 0.468. The van der Waals surface area contributed by atoms with E-state index in [1.54, 1.807) is 4.90 Å². The summed E-state index contributed by atoms with van der Waals surface area (Å²) in [5.74, 6) is 0.479. The van der Waals surface area contributed by atoms with Gasteiger partial charge in [-0.3, -0.25) is 9.79 Å². The van der Waals surface area contributed by atoms with E-state index < -0.39 is 0 Å². The van der Waals surface area contributed by atoms with E-state index in [1.165, 1.54) is 11.1 Å². The molecule has 0 saturated carbocycles. The number of aliphatic imine (C=N–C) groups is 1. The number of nitrogens with zero attached hydrogens (tertiary/aromatic N) is 2. The van der Waals surface area contributed by atoms with Crippen molar-refractivity contribution < 1.29 is 4.79 Å². The molecule has 6 heteroatoms. The number of carbonyl (C=O) groups excluding carboxylic acids is 1. The highest BCUT2D eigenvalue weighted by Gasteiger charge is 2.25. The van der Waals surface area contributed by atoms with Crippen LogP contribution in [0.1, 0.15) is 16.7 Å². The summed E-state index contributed by atoms with van der Waals surface area (Å²) in [5.41, 5.74) is 11.3. The van der Waals surface area contributed by atoms with Gasteiger partial charge in [-0.2, -0.15) is 0 Å². The second kappa shape index (κ2) is 8.33. The molecule has 0 aliphatic carbocycles. The second-order valence-corrected chi connectivity index (χ2v) is 6.12. The molecule has 2 aromatic rings. The number of anilines is 2.